The van der Waals surface area contributed by atoms with Crippen LogP contribution in [0.4, 0.5) is 15.8 Å². The van der Waals surface area contributed by atoms with Gasteiger partial charge >= 0.3 is 0 Å². The van der Waals surface area contributed by atoms with E-state index in [9.17, 15) is 14.5 Å². The van der Waals surface area contributed by atoms with Gasteiger partial charge in [0.15, 0.2) is 0 Å². The molecule has 29 heavy (non-hydrogen) atoms. The van der Waals surface area contributed by atoms with E-state index >= 15 is 0 Å². The van der Waals surface area contributed by atoms with Gasteiger partial charge < -0.3 is 9.80 Å². The third kappa shape index (κ3) is 4.54. The number of quaternary nitrogens is 1. The van der Waals surface area contributed by atoms with E-state index in [1.165, 1.54) is 29.2 Å². The number of non-ortho nitro benzene ring substituents is 1. The van der Waals surface area contributed by atoms with Crippen LogP contribution in [0.1, 0.15) is 11.4 Å². The molecule has 150 valence electrons. The van der Waals surface area contributed by atoms with Crippen LogP contribution in [0.2, 0.25) is 0 Å². The molecule has 9 nitrogen and oxygen atoms in total. The Kier molecular flexibility index (Phi) is 5.43. The lowest BCUT2D eigenvalue weighted by Crippen LogP contribution is -3.13. The van der Waals surface area contributed by atoms with E-state index in [1.807, 2.05) is 0 Å². The van der Waals surface area contributed by atoms with E-state index in [2.05, 4.69) is 20.4 Å². The SMILES string of the molecule is O=[N+]([O-])c1ccc(N2CC[NH+](Cc3nnnn3Cc3ccc(F)cc3)CC2)cc1. The number of piperazine rings is 1. The normalized spacial score (nSPS) is 14.9. The standard InChI is InChI=1S/C19H20FN7O2/c20-16-3-1-15(2-4-16)13-26-19(21-22-23-26)14-24-9-11-25(12-10-24)17-5-7-18(8-6-17)27(28)29/h1-8H,9-14H2/p+1. The van der Waals surface area contributed by atoms with E-state index in [0.29, 0.717) is 13.1 Å². The van der Waals surface area contributed by atoms with Crippen molar-refractivity contribution in [3.8, 4) is 0 Å². The molecule has 1 N–H and O–H groups in total. The van der Waals surface area contributed by atoms with Crippen molar-refractivity contribution in [3.05, 3.63) is 75.9 Å². The molecule has 2 aromatic carbocycles. The fourth-order valence-electron chi connectivity index (χ4n) is 3.50. The first-order chi connectivity index (χ1) is 14.1. The molecule has 0 unspecified atom stereocenters. The van der Waals surface area contributed by atoms with Crippen LogP contribution in [0.5, 0.6) is 0 Å². The van der Waals surface area contributed by atoms with Crippen molar-refractivity contribution in [2.75, 3.05) is 31.1 Å². The summed E-state index contributed by atoms with van der Waals surface area (Å²) >= 11 is 0. The summed E-state index contributed by atoms with van der Waals surface area (Å²) in [5.74, 6) is 0.536. The zero-order valence-corrected chi connectivity index (χ0v) is 15.7. The van der Waals surface area contributed by atoms with Gasteiger partial charge in [0.2, 0.25) is 5.82 Å². The molecule has 3 aromatic rings. The summed E-state index contributed by atoms with van der Waals surface area (Å²) in [7, 11) is 0. The van der Waals surface area contributed by atoms with Crippen molar-refractivity contribution in [3.63, 3.8) is 0 Å². The summed E-state index contributed by atoms with van der Waals surface area (Å²) in [6.45, 7) is 4.76. The van der Waals surface area contributed by atoms with Crippen LogP contribution in [0.15, 0.2) is 48.5 Å². The predicted molar refractivity (Wildman–Crippen MR) is 103 cm³/mol. The van der Waals surface area contributed by atoms with Crippen LogP contribution in [0.3, 0.4) is 0 Å². The number of nitrogens with one attached hydrogen (secondary N) is 1. The minimum Gasteiger partial charge on any atom is -0.360 e. The van der Waals surface area contributed by atoms with Crippen LogP contribution < -0.4 is 9.80 Å². The second kappa shape index (κ2) is 8.31. The summed E-state index contributed by atoms with van der Waals surface area (Å²) in [6.07, 6.45) is 0. The molecule has 10 heteroatoms. The van der Waals surface area contributed by atoms with Crippen molar-refractivity contribution in [1.82, 2.24) is 20.2 Å². The molecule has 0 amide bonds. The van der Waals surface area contributed by atoms with Gasteiger partial charge in [-0.1, -0.05) is 12.1 Å². The molecule has 0 aliphatic carbocycles. The van der Waals surface area contributed by atoms with Crippen LogP contribution in [-0.2, 0) is 13.1 Å². The highest BCUT2D eigenvalue weighted by Crippen LogP contribution is 2.19. The number of nitro benzene ring substituents is 1. The maximum atomic E-state index is 13.1. The van der Waals surface area contributed by atoms with Gasteiger partial charge in [-0.3, -0.25) is 10.1 Å². The van der Waals surface area contributed by atoms with Crippen molar-refractivity contribution in [2.45, 2.75) is 13.1 Å². The Morgan fingerprint density at radius 1 is 1.07 bits per heavy atom. The number of tetrazole rings is 1. The molecular weight excluding hydrogens is 377 g/mol. The first kappa shape index (κ1) is 18.9. The highest BCUT2D eigenvalue weighted by atomic mass is 19.1. The third-order valence-corrected chi connectivity index (χ3v) is 5.16. The number of nitrogens with zero attached hydrogens (tertiary/aromatic N) is 6. The number of aromatic nitrogens is 4. The second-order valence-corrected chi connectivity index (χ2v) is 7.07. The molecule has 4 rings (SSSR count). The summed E-state index contributed by atoms with van der Waals surface area (Å²) in [6, 6.07) is 13.0. The number of benzene rings is 2. The second-order valence-electron chi connectivity index (χ2n) is 7.07. The number of hydrogen-bond acceptors (Lipinski definition) is 6. The van der Waals surface area contributed by atoms with Crippen molar-refractivity contribution in [2.24, 2.45) is 0 Å². The molecule has 1 fully saturated rings. The summed E-state index contributed by atoms with van der Waals surface area (Å²) < 4.78 is 14.8. The summed E-state index contributed by atoms with van der Waals surface area (Å²) in [5.41, 5.74) is 2.04. The molecular formula is C19H21FN7O2+. The van der Waals surface area contributed by atoms with Crippen molar-refractivity contribution < 1.29 is 14.2 Å². The van der Waals surface area contributed by atoms with Gasteiger partial charge in [-0.05, 0) is 40.3 Å². The molecule has 1 aliphatic heterocycles. The summed E-state index contributed by atoms with van der Waals surface area (Å²) in [5, 5.41) is 22.8. The average Bonchev–Trinajstić information content (AvgIpc) is 3.17. The highest BCUT2D eigenvalue weighted by molar-refractivity contribution is 5.51. The topological polar surface area (TPSA) is 94.4 Å². The van der Waals surface area contributed by atoms with Crippen molar-refractivity contribution in [1.29, 1.82) is 0 Å². The Bertz CT molecular complexity index is 967. The Morgan fingerprint density at radius 2 is 1.76 bits per heavy atom. The first-order valence-corrected chi connectivity index (χ1v) is 9.41. The Balaban J connectivity index is 1.34. The minimum absolute atomic E-state index is 0.103. The lowest BCUT2D eigenvalue weighted by molar-refractivity contribution is -0.915. The first-order valence-electron chi connectivity index (χ1n) is 9.41. The largest absolute Gasteiger partial charge is 0.360 e. The monoisotopic (exact) mass is 398 g/mol. The number of hydrogen-bond donors (Lipinski definition) is 1. The minimum atomic E-state index is -0.387. The number of nitro groups is 1. The van der Waals surface area contributed by atoms with E-state index in [4.69, 9.17) is 0 Å². The molecule has 1 saturated heterocycles. The fraction of sp³-hybridized carbons (Fsp3) is 0.316. The molecule has 1 aliphatic rings. The lowest BCUT2D eigenvalue weighted by atomic mass is 10.2. The maximum absolute atomic E-state index is 13.1. The zero-order valence-electron chi connectivity index (χ0n) is 15.7. The van der Waals surface area contributed by atoms with Gasteiger partial charge in [-0.15, -0.1) is 5.10 Å². The molecule has 1 aromatic heterocycles. The highest BCUT2D eigenvalue weighted by Gasteiger charge is 2.23. The van der Waals surface area contributed by atoms with Gasteiger partial charge in [-0.2, -0.15) is 0 Å². The van der Waals surface area contributed by atoms with E-state index < -0.39 is 0 Å². The summed E-state index contributed by atoms with van der Waals surface area (Å²) in [4.78, 5) is 14.0. The van der Waals surface area contributed by atoms with E-state index in [0.717, 1.165) is 43.3 Å². The smallest absolute Gasteiger partial charge is 0.269 e. The average molecular weight is 398 g/mol. The molecule has 0 saturated carbocycles. The molecule has 2 heterocycles. The Labute approximate surface area is 166 Å². The Morgan fingerprint density at radius 3 is 2.41 bits per heavy atom. The van der Waals surface area contributed by atoms with Crippen LogP contribution in [-0.4, -0.2) is 51.3 Å². The van der Waals surface area contributed by atoms with E-state index in [1.54, 1.807) is 28.9 Å². The van der Waals surface area contributed by atoms with Crippen LogP contribution in [0, 0.1) is 15.9 Å². The molecule has 0 spiro atoms. The Hall–Kier alpha value is -3.40. The fourth-order valence-corrected chi connectivity index (χ4v) is 3.50. The van der Waals surface area contributed by atoms with E-state index in [-0.39, 0.29) is 16.4 Å². The zero-order chi connectivity index (χ0) is 20.2. The third-order valence-electron chi connectivity index (χ3n) is 5.16. The number of halogens is 1. The quantitative estimate of drug-likeness (QED) is 0.485. The predicted octanol–water partition coefficient (Wildman–Crippen LogP) is 0.674. The van der Waals surface area contributed by atoms with Gasteiger partial charge in [0.1, 0.15) is 12.4 Å². The van der Waals surface area contributed by atoms with Gasteiger partial charge in [-0.25, -0.2) is 9.07 Å². The van der Waals surface area contributed by atoms with Crippen LogP contribution in [0.25, 0.3) is 0 Å². The molecule has 0 bridgehead atoms. The number of anilines is 1. The van der Waals surface area contributed by atoms with Gasteiger partial charge in [0.05, 0.1) is 37.6 Å². The number of rotatable bonds is 6. The van der Waals surface area contributed by atoms with Gasteiger partial charge in [0.25, 0.3) is 5.69 Å². The van der Waals surface area contributed by atoms with Crippen LogP contribution >= 0.6 is 0 Å². The molecule has 0 radical (unpaired) electrons. The molecule has 0 atom stereocenters. The maximum Gasteiger partial charge on any atom is 0.269 e. The van der Waals surface area contributed by atoms with Crippen molar-refractivity contribution >= 4 is 11.4 Å². The van der Waals surface area contributed by atoms with Gasteiger partial charge in [0, 0.05) is 17.8 Å². The lowest BCUT2D eigenvalue weighted by Gasteiger charge is -2.33.